The third-order valence-electron chi connectivity index (χ3n) is 4.80. The molecule has 0 aliphatic rings. The van der Waals surface area contributed by atoms with E-state index < -0.39 is 11.9 Å². The van der Waals surface area contributed by atoms with Gasteiger partial charge in [0.1, 0.15) is 5.56 Å². The number of carbonyl (C=O) groups is 2. The summed E-state index contributed by atoms with van der Waals surface area (Å²) in [5.41, 5.74) is 2.41. The molecule has 2 aromatic carbocycles. The number of aromatic nitrogens is 2. The van der Waals surface area contributed by atoms with E-state index in [4.69, 9.17) is 4.74 Å². The number of para-hydroxylation sites is 1. The predicted molar refractivity (Wildman–Crippen MR) is 120 cm³/mol. The number of aromatic amines is 1. The molecule has 0 saturated carbocycles. The summed E-state index contributed by atoms with van der Waals surface area (Å²) in [6.45, 7) is 5.35. The van der Waals surface area contributed by atoms with Gasteiger partial charge in [-0.25, -0.2) is 4.79 Å². The molecule has 156 valence electrons. The van der Waals surface area contributed by atoms with E-state index in [0.717, 1.165) is 0 Å². The minimum atomic E-state index is -0.547. The van der Waals surface area contributed by atoms with Crippen molar-refractivity contribution < 1.29 is 14.3 Å². The molecule has 2 N–H and O–H groups in total. The molecule has 7 nitrogen and oxygen atoms in total. The first-order chi connectivity index (χ1) is 14.8. The van der Waals surface area contributed by atoms with Crippen molar-refractivity contribution in [1.29, 1.82) is 0 Å². The number of hydrogen-bond donors (Lipinski definition) is 2. The molecule has 1 amide bonds. The molecule has 31 heavy (non-hydrogen) atoms. The molecular weight excluding hydrogens is 394 g/mol. The molecule has 4 rings (SSSR count). The molecule has 0 saturated heterocycles. The van der Waals surface area contributed by atoms with Gasteiger partial charge in [-0.15, -0.1) is 0 Å². The number of rotatable bonds is 4. The molecule has 0 radical (unpaired) electrons. The lowest BCUT2D eigenvalue weighted by atomic mass is 10.1. The number of nitrogens with zero attached hydrogens (tertiary/aromatic N) is 1. The van der Waals surface area contributed by atoms with E-state index in [1.165, 1.54) is 6.20 Å². The van der Waals surface area contributed by atoms with Gasteiger partial charge in [-0.3, -0.25) is 14.6 Å². The average Bonchev–Trinajstić information content (AvgIpc) is 2.73. The Morgan fingerprint density at radius 2 is 1.84 bits per heavy atom. The van der Waals surface area contributed by atoms with Crippen LogP contribution in [-0.4, -0.2) is 27.9 Å². The SMILES string of the molecule is Cc1cc(NC(=O)c2c[nH]c3ccccc3c2=O)c2cc(C(=O)OC(C)C)ccc2n1. The second kappa shape index (κ2) is 8.02. The number of amides is 1. The number of pyridine rings is 2. The summed E-state index contributed by atoms with van der Waals surface area (Å²) in [6, 6.07) is 13.7. The van der Waals surface area contributed by atoms with Gasteiger partial charge >= 0.3 is 5.97 Å². The number of benzene rings is 2. The highest BCUT2D eigenvalue weighted by Crippen LogP contribution is 2.25. The third-order valence-corrected chi connectivity index (χ3v) is 4.80. The number of anilines is 1. The first-order valence-corrected chi connectivity index (χ1v) is 9.87. The molecule has 7 heteroatoms. The fourth-order valence-electron chi connectivity index (χ4n) is 3.40. The van der Waals surface area contributed by atoms with Gasteiger partial charge in [0.2, 0.25) is 5.43 Å². The van der Waals surface area contributed by atoms with Gasteiger partial charge in [-0.1, -0.05) is 12.1 Å². The Bertz CT molecular complexity index is 1390. The van der Waals surface area contributed by atoms with E-state index in [2.05, 4.69) is 15.3 Å². The van der Waals surface area contributed by atoms with Crippen molar-refractivity contribution in [3.05, 3.63) is 81.8 Å². The van der Waals surface area contributed by atoms with Crippen molar-refractivity contribution in [2.45, 2.75) is 26.9 Å². The summed E-state index contributed by atoms with van der Waals surface area (Å²) in [7, 11) is 0. The van der Waals surface area contributed by atoms with Crippen LogP contribution in [0, 0.1) is 6.92 Å². The van der Waals surface area contributed by atoms with E-state index in [9.17, 15) is 14.4 Å². The quantitative estimate of drug-likeness (QED) is 0.487. The second-order valence-corrected chi connectivity index (χ2v) is 7.53. The zero-order chi connectivity index (χ0) is 22.1. The highest BCUT2D eigenvalue weighted by atomic mass is 16.5. The Labute approximate surface area is 178 Å². The maximum absolute atomic E-state index is 13.0. The van der Waals surface area contributed by atoms with Crippen molar-refractivity contribution in [2.24, 2.45) is 0 Å². The summed E-state index contributed by atoms with van der Waals surface area (Å²) in [4.78, 5) is 45.5. The molecule has 0 spiro atoms. The van der Waals surface area contributed by atoms with Gasteiger partial charge in [0.15, 0.2) is 0 Å². The van der Waals surface area contributed by atoms with E-state index in [0.29, 0.717) is 38.8 Å². The molecule has 0 atom stereocenters. The molecule has 0 fully saturated rings. The number of ether oxygens (including phenoxy) is 1. The Morgan fingerprint density at radius 1 is 1.06 bits per heavy atom. The molecule has 2 heterocycles. The first-order valence-electron chi connectivity index (χ1n) is 9.87. The fourth-order valence-corrected chi connectivity index (χ4v) is 3.40. The number of fused-ring (bicyclic) bond motifs is 2. The maximum Gasteiger partial charge on any atom is 0.338 e. The second-order valence-electron chi connectivity index (χ2n) is 7.53. The van der Waals surface area contributed by atoms with Crippen molar-refractivity contribution in [3.63, 3.8) is 0 Å². The van der Waals surface area contributed by atoms with Crippen LogP contribution in [0.3, 0.4) is 0 Å². The van der Waals surface area contributed by atoms with E-state index in [1.54, 1.807) is 63.2 Å². The topological polar surface area (TPSA) is 101 Å². The van der Waals surface area contributed by atoms with Crippen molar-refractivity contribution in [3.8, 4) is 0 Å². The molecule has 0 unspecified atom stereocenters. The van der Waals surface area contributed by atoms with Gasteiger partial charge in [-0.2, -0.15) is 0 Å². The third kappa shape index (κ3) is 4.02. The van der Waals surface area contributed by atoms with E-state index in [-0.39, 0.29) is 17.1 Å². The van der Waals surface area contributed by atoms with Crippen molar-refractivity contribution in [2.75, 3.05) is 5.32 Å². The standard InChI is InChI=1S/C24H21N3O4/c1-13(2)31-24(30)15-8-9-20-17(11-15)21(10-14(3)26-20)27-23(29)18-12-25-19-7-5-4-6-16(19)22(18)28/h4-13H,1-3H3,(H,25,28)(H,26,27,29). The summed E-state index contributed by atoms with van der Waals surface area (Å²) in [5.74, 6) is -1.00. The van der Waals surface area contributed by atoms with E-state index in [1.807, 2.05) is 6.07 Å². The molecule has 2 aromatic heterocycles. The molecule has 0 bridgehead atoms. The summed E-state index contributed by atoms with van der Waals surface area (Å²) < 4.78 is 5.26. The monoisotopic (exact) mass is 415 g/mol. The smallest absolute Gasteiger partial charge is 0.338 e. The Balaban J connectivity index is 1.75. The molecular formula is C24H21N3O4. The number of aryl methyl sites for hydroxylation is 1. The van der Waals surface area contributed by atoms with Crippen LogP contribution in [-0.2, 0) is 4.74 Å². The van der Waals surface area contributed by atoms with Crippen LogP contribution in [0.4, 0.5) is 5.69 Å². The van der Waals surface area contributed by atoms with Crippen LogP contribution >= 0.6 is 0 Å². The summed E-state index contributed by atoms with van der Waals surface area (Å²) in [5, 5.41) is 3.82. The number of hydrogen-bond acceptors (Lipinski definition) is 5. The van der Waals surface area contributed by atoms with Gasteiger partial charge in [-0.05, 0) is 57.2 Å². The van der Waals surface area contributed by atoms with Crippen LogP contribution in [0.1, 0.15) is 40.3 Å². The van der Waals surface area contributed by atoms with E-state index >= 15 is 0 Å². The molecule has 0 aliphatic carbocycles. The van der Waals surface area contributed by atoms with Crippen LogP contribution in [0.15, 0.2) is 59.5 Å². The Hall–Kier alpha value is -4.00. The largest absolute Gasteiger partial charge is 0.459 e. The van der Waals surface area contributed by atoms with Crippen molar-refractivity contribution in [1.82, 2.24) is 9.97 Å². The van der Waals surface area contributed by atoms with Crippen LogP contribution < -0.4 is 10.7 Å². The van der Waals surface area contributed by atoms with Gasteiger partial charge < -0.3 is 15.0 Å². The Morgan fingerprint density at radius 3 is 2.61 bits per heavy atom. The number of H-pyrrole nitrogens is 1. The zero-order valence-electron chi connectivity index (χ0n) is 17.4. The number of esters is 1. The normalized spacial score (nSPS) is 11.1. The fraction of sp³-hybridized carbons (Fsp3) is 0.167. The van der Waals surface area contributed by atoms with Gasteiger partial charge in [0.05, 0.1) is 22.9 Å². The predicted octanol–water partition coefficient (Wildman–Crippen LogP) is 4.20. The Kier molecular flexibility index (Phi) is 5.25. The molecule has 4 aromatic rings. The molecule has 0 aliphatic heterocycles. The average molecular weight is 415 g/mol. The lowest BCUT2D eigenvalue weighted by Crippen LogP contribution is -2.22. The summed E-state index contributed by atoms with van der Waals surface area (Å²) >= 11 is 0. The lowest BCUT2D eigenvalue weighted by Gasteiger charge is -2.12. The number of nitrogens with one attached hydrogen (secondary N) is 2. The van der Waals surface area contributed by atoms with Crippen LogP contribution in [0.5, 0.6) is 0 Å². The van der Waals surface area contributed by atoms with Crippen LogP contribution in [0.2, 0.25) is 0 Å². The summed E-state index contributed by atoms with van der Waals surface area (Å²) in [6.07, 6.45) is 1.15. The lowest BCUT2D eigenvalue weighted by molar-refractivity contribution is 0.0378. The minimum Gasteiger partial charge on any atom is -0.459 e. The highest BCUT2D eigenvalue weighted by molar-refractivity contribution is 6.10. The zero-order valence-corrected chi connectivity index (χ0v) is 17.4. The maximum atomic E-state index is 13.0. The first kappa shape index (κ1) is 20.3. The minimum absolute atomic E-state index is 0.00307. The number of carbonyl (C=O) groups excluding carboxylic acids is 2. The van der Waals surface area contributed by atoms with Gasteiger partial charge in [0, 0.05) is 28.2 Å². The van der Waals surface area contributed by atoms with Crippen molar-refractivity contribution >= 4 is 39.4 Å². The highest BCUT2D eigenvalue weighted by Gasteiger charge is 2.17. The van der Waals surface area contributed by atoms with Gasteiger partial charge in [0.25, 0.3) is 5.91 Å². The van der Waals surface area contributed by atoms with Crippen LogP contribution in [0.25, 0.3) is 21.8 Å².